The molecule has 1 aliphatic rings. The van der Waals surface area contributed by atoms with E-state index in [0.717, 1.165) is 39.6 Å². The third-order valence-electron chi connectivity index (χ3n) is 5.62. The molecule has 0 saturated carbocycles. The van der Waals surface area contributed by atoms with Crippen LogP contribution in [0.4, 0.5) is 0 Å². The summed E-state index contributed by atoms with van der Waals surface area (Å²) >= 11 is 0. The maximum absolute atomic E-state index is 9.32. The van der Waals surface area contributed by atoms with Crippen LogP contribution in [0, 0.1) is 13.8 Å². The first-order chi connectivity index (χ1) is 13.5. The number of benzene rings is 3. The molecule has 1 aliphatic heterocycles. The Balaban J connectivity index is 1.96. The Kier molecular flexibility index (Phi) is 3.30. The van der Waals surface area contributed by atoms with Gasteiger partial charge in [-0.25, -0.2) is 4.57 Å². The number of para-hydroxylation sites is 1. The van der Waals surface area contributed by atoms with E-state index in [-0.39, 0.29) is 0 Å². The van der Waals surface area contributed by atoms with Crippen molar-refractivity contribution >= 4 is 0 Å². The van der Waals surface area contributed by atoms with Gasteiger partial charge < -0.3 is 0 Å². The van der Waals surface area contributed by atoms with Gasteiger partial charge in [0.2, 0.25) is 0 Å². The molecule has 0 N–H and O–H groups in total. The molecule has 0 fully saturated rings. The smallest absolute Gasteiger partial charge is 0.216 e. The molecule has 0 bridgehead atoms. The van der Waals surface area contributed by atoms with Crippen LogP contribution in [-0.4, -0.2) is 4.57 Å². The zero-order valence-electron chi connectivity index (χ0n) is 16.9. The summed E-state index contributed by atoms with van der Waals surface area (Å²) in [5.41, 5.74) is 8.01. The Morgan fingerprint density at radius 2 is 1.52 bits per heavy atom. The monoisotopic (exact) mass is 352 g/mol. The second-order valence-electron chi connectivity index (χ2n) is 7.21. The lowest BCUT2D eigenvalue weighted by molar-refractivity contribution is -0.683. The van der Waals surface area contributed by atoms with E-state index in [1.165, 1.54) is 5.56 Å². The highest BCUT2D eigenvalue weighted by atomic mass is 15.2. The normalized spacial score (nSPS) is 18.1. The molecule has 0 radical (unpaired) electrons. The fourth-order valence-corrected chi connectivity index (χ4v) is 4.35. The number of hydrogen-bond acceptors (Lipinski definition) is 0. The van der Waals surface area contributed by atoms with Crippen LogP contribution in [0.15, 0.2) is 78.9 Å². The van der Waals surface area contributed by atoms with E-state index in [1.54, 1.807) is 0 Å². The average molecular weight is 352 g/mol. The lowest BCUT2D eigenvalue weighted by Crippen LogP contribution is -2.37. The molecule has 27 heavy (non-hydrogen) atoms. The van der Waals surface area contributed by atoms with E-state index < -0.39 is 6.02 Å². The molecule has 0 aliphatic carbocycles. The van der Waals surface area contributed by atoms with Crippen LogP contribution in [0.25, 0.3) is 28.3 Å². The van der Waals surface area contributed by atoms with Crippen molar-refractivity contribution < 1.29 is 5.94 Å². The minimum absolute atomic E-state index is 0.865. The maximum Gasteiger partial charge on any atom is 0.295 e. The SMILES string of the molecule is [2H]C1(C)c2ccccc2-c2c(C)n(-c3ccccc3C)c(-c3ccccc3)[n+]21. The standard InChI is InChI=1S/C25H23N2/c1-17-11-7-10-16-23(17)26-19(3)24-22-15-9-8-14-21(22)18(2)27(24)25(26)20-12-5-4-6-13-20/h4-16,18H,1-3H3/q+1/i18D. The van der Waals surface area contributed by atoms with E-state index >= 15 is 0 Å². The Bertz CT molecular complexity index is 1200. The van der Waals surface area contributed by atoms with E-state index in [9.17, 15) is 1.37 Å². The van der Waals surface area contributed by atoms with Gasteiger partial charge in [-0.05, 0) is 37.6 Å². The summed E-state index contributed by atoms with van der Waals surface area (Å²) in [4.78, 5) is 0. The Morgan fingerprint density at radius 3 is 2.30 bits per heavy atom. The first-order valence-corrected chi connectivity index (χ1v) is 9.41. The van der Waals surface area contributed by atoms with Gasteiger partial charge in [0.25, 0.3) is 5.82 Å². The summed E-state index contributed by atoms with van der Waals surface area (Å²) in [5, 5.41) is 0. The number of rotatable bonds is 2. The third-order valence-corrected chi connectivity index (χ3v) is 5.62. The van der Waals surface area contributed by atoms with Crippen molar-refractivity contribution in [1.29, 1.82) is 0 Å². The molecule has 0 spiro atoms. The number of hydrogen-bond donors (Lipinski definition) is 0. The van der Waals surface area contributed by atoms with Crippen LogP contribution in [0.5, 0.6) is 0 Å². The van der Waals surface area contributed by atoms with Crippen LogP contribution >= 0.6 is 0 Å². The summed E-state index contributed by atoms with van der Waals surface area (Å²) in [5.74, 6) is 1.05. The third kappa shape index (κ3) is 2.23. The predicted molar refractivity (Wildman–Crippen MR) is 110 cm³/mol. The first-order valence-electron chi connectivity index (χ1n) is 9.91. The molecule has 2 heteroatoms. The fourth-order valence-electron chi connectivity index (χ4n) is 4.35. The predicted octanol–water partition coefficient (Wildman–Crippen LogP) is 5.64. The Labute approximate surface area is 161 Å². The van der Waals surface area contributed by atoms with Gasteiger partial charge in [0.1, 0.15) is 11.7 Å². The van der Waals surface area contributed by atoms with Crippen LogP contribution in [0.2, 0.25) is 0 Å². The zero-order valence-corrected chi connectivity index (χ0v) is 15.9. The number of imidazole rings is 1. The van der Waals surface area contributed by atoms with E-state index in [2.05, 4.69) is 89.7 Å². The Hall–Kier alpha value is -3.13. The van der Waals surface area contributed by atoms with Crippen LogP contribution in [0.3, 0.4) is 0 Å². The van der Waals surface area contributed by atoms with Crippen molar-refractivity contribution in [2.24, 2.45) is 0 Å². The number of fused-ring (bicyclic) bond motifs is 3. The molecule has 1 aromatic heterocycles. The number of aromatic nitrogens is 2. The molecule has 1 unspecified atom stereocenters. The van der Waals surface area contributed by atoms with Crippen LogP contribution in [0.1, 0.15) is 31.1 Å². The second-order valence-corrected chi connectivity index (χ2v) is 7.21. The van der Waals surface area contributed by atoms with E-state index in [1.807, 2.05) is 19.1 Å². The van der Waals surface area contributed by atoms with Crippen molar-refractivity contribution in [2.75, 3.05) is 0 Å². The van der Waals surface area contributed by atoms with Crippen molar-refractivity contribution in [1.82, 2.24) is 4.57 Å². The molecule has 1 atom stereocenters. The molecule has 2 heterocycles. The van der Waals surface area contributed by atoms with Crippen LogP contribution in [-0.2, 0) is 0 Å². The Morgan fingerprint density at radius 1 is 0.852 bits per heavy atom. The summed E-state index contributed by atoms with van der Waals surface area (Å²) in [7, 11) is 0. The lowest BCUT2D eigenvalue weighted by atomic mass is 10.0. The van der Waals surface area contributed by atoms with E-state index in [4.69, 9.17) is 0 Å². The molecule has 4 aromatic rings. The van der Waals surface area contributed by atoms with Crippen molar-refractivity contribution in [3.05, 3.63) is 95.7 Å². The highest BCUT2D eigenvalue weighted by Gasteiger charge is 2.40. The molecule has 0 saturated heterocycles. The van der Waals surface area contributed by atoms with Gasteiger partial charge in [0.05, 0.1) is 6.93 Å². The molecule has 3 aromatic carbocycles. The molecule has 5 rings (SSSR count). The molecular weight excluding hydrogens is 328 g/mol. The van der Waals surface area contributed by atoms with Crippen molar-refractivity contribution in [3.63, 3.8) is 0 Å². The maximum atomic E-state index is 9.32. The summed E-state index contributed by atoms with van der Waals surface area (Å²) < 4.78 is 13.8. The quantitative estimate of drug-likeness (QED) is 0.413. The van der Waals surface area contributed by atoms with Gasteiger partial charge in [0, 0.05) is 18.1 Å². The summed E-state index contributed by atoms with van der Waals surface area (Å²) in [6.45, 7) is 6.31. The topological polar surface area (TPSA) is 8.81 Å². The van der Waals surface area contributed by atoms with Gasteiger partial charge in [-0.3, -0.25) is 0 Å². The fraction of sp³-hybridized carbons (Fsp3) is 0.160. The highest BCUT2D eigenvalue weighted by molar-refractivity contribution is 5.71. The summed E-state index contributed by atoms with van der Waals surface area (Å²) in [6, 6.07) is 26.4. The van der Waals surface area contributed by atoms with Gasteiger partial charge >= 0.3 is 0 Å². The largest absolute Gasteiger partial charge is 0.295 e. The van der Waals surface area contributed by atoms with Gasteiger partial charge in [0.15, 0.2) is 11.4 Å². The van der Waals surface area contributed by atoms with Gasteiger partial charge in [-0.15, -0.1) is 0 Å². The van der Waals surface area contributed by atoms with Gasteiger partial charge in [-0.1, -0.05) is 60.7 Å². The minimum atomic E-state index is -0.865. The van der Waals surface area contributed by atoms with Crippen molar-refractivity contribution in [2.45, 2.75) is 26.8 Å². The summed E-state index contributed by atoms with van der Waals surface area (Å²) in [6.07, 6.45) is 0. The molecule has 0 amide bonds. The number of nitrogens with zero attached hydrogens (tertiary/aromatic N) is 2. The van der Waals surface area contributed by atoms with Gasteiger partial charge in [-0.2, -0.15) is 4.57 Å². The van der Waals surface area contributed by atoms with E-state index in [0.29, 0.717) is 0 Å². The average Bonchev–Trinajstić information content (AvgIpc) is 3.14. The minimum Gasteiger partial charge on any atom is -0.216 e. The lowest BCUT2D eigenvalue weighted by Gasteiger charge is -2.11. The van der Waals surface area contributed by atoms with Crippen molar-refractivity contribution in [3.8, 4) is 28.3 Å². The molecule has 132 valence electrons. The highest BCUT2D eigenvalue weighted by Crippen LogP contribution is 2.40. The first kappa shape index (κ1) is 15.0. The zero-order chi connectivity index (χ0) is 19.5. The second kappa shape index (κ2) is 5.95. The van der Waals surface area contributed by atoms with Crippen LogP contribution < -0.4 is 4.57 Å². The molecular formula is C25H23N2+. The molecule has 2 nitrogen and oxygen atoms in total. The number of aryl methyl sites for hydroxylation is 1.